The van der Waals surface area contributed by atoms with Crippen LogP contribution in [-0.2, 0) is 11.3 Å². The van der Waals surface area contributed by atoms with Gasteiger partial charge in [-0.3, -0.25) is 0 Å². The summed E-state index contributed by atoms with van der Waals surface area (Å²) in [5, 5.41) is 3.44. The van der Waals surface area contributed by atoms with Crippen molar-refractivity contribution in [3.05, 3.63) is 66.1 Å². The lowest BCUT2D eigenvalue weighted by Gasteiger charge is -2.13. The first kappa shape index (κ1) is 21.0. The lowest BCUT2D eigenvalue weighted by Crippen LogP contribution is -2.07. The van der Waals surface area contributed by atoms with Crippen LogP contribution in [0.1, 0.15) is 18.3 Å². The van der Waals surface area contributed by atoms with Crippen molar-refractivity contribution in [1.82, 2.24) is 9.97 Å². The molecule has 0 aliphatic carbocycles. The maximum absolute atomic E-state index is 6.00. The molecule has 0 aliphatic heterocycles. The summed E-state index contributed by atoms with van der Waals surface area (Å²) in [5.41, 5.74) is 7.91. The van der Waals surface area contributed by atoms with Crippen LogP contribution in [0.4, 0.5) is 11.5 Å². The van der Waals surface area contributed by atoms with E-state index >= 15 is 0 Å². The average Bonchev–Trinajstić information content (AvgIpc) is 2.73. The van der Waals surface area contributed by atoms with E-state index in [-0.39, 0.29) is 0 Å². The van der Waals surface area contributed by atoms with E-state index in [2.05, 4.69) is 39.6 Å². The van der Waals surface area contributed by atoms with Gasteiger partial charge in [0.05, 0.1) is 6.61 Å². The van der Waals surface area contributed by atoms with Crippen molar-refractivity contribution in [3.8, 4) is 5.75 Å². The fourth-order valence-corrected chi connectivity index (χ4v) is 3.56. The summed E-state index contributed by atoms with van der Waals surface area (Å²) in [7, 11) is 0. The van der Waals surface area contributed by atoms with Gasteiger partial charge in [-0.15, -0.1) is 0 Å². The van der Waals surface area contributed by atoms with E-state index in [1.54, 1.807) is 18.0 Å². The molecule has 0 saturated heterocycles. The fourth-order valence-electron chi connectivity index (χ4n) is 2.63. The minimum atomic E-state index is 0.509. The van der Waals surface area contributed by atoms with Crippen molar-refractivity contribution < 1.29 is 9.47 Å². The monoisotopic (exact) mass is 410 g/mol. The van der Waals surface area contributed by atoms with E-state index in [1.807, 2.05) is 38.1 Å². The van der Waals surface area contributed by atoms with Crippen LogP contribution in [0.2, 0.25) is 0 Å². The molecule has 6 nitrogen and oxygen atoms in total. The molecule has 0 spiro atoms. The summed E-state index contributed by atoms with van der Waals surface area (Å²) in [4.78, 5) is 10.7. The molecule has 1 heterocycles. The molecular weight excluding hydrogens is 384 g/mol. The van der Waals surface area contributed by atoms with E-state index in [9.17, 15) is 0 Å². The Balaban J connectivity index is 1.61. The van der Waals surface area contributed by atoms with Gasteiger partial charge >= 0.3 is 0 Å². The smallest absolute Gasteiger partial charge is 0.132 e. The van der Waals surface area contributed by atoms with Crippen molar-refractivity contribution in [1.29, 1.82) is 0 Å². The Hall–Kier alpha value is -2.77. The number of aromatic nitrogens is 2. The molecule has 3 rings (SSSR count). The number of hydrogen-bond donors (Lipinski definition) is 2. The molecule has 3 aromatic rings. The maximum atomic E-state index is 6.00. The van der Waals surface area contributed by atoms with Gasteiger partial charge in [-0.1, -0.05) is 23.9 Å². The molecule has 7 heteroatoms. The maximum Gasteiger partial charge on any atom is 0.132 e. The summed E-state index contributed by atoms with van der Waals surface area (Å²) in [6.07, 6.45) is 1.77. The predicted molar refractivity (Wildman–Crippen MR) is 118 cm³/mol. The molecule has 0 amide bonds. The Kier molecular flexibility index (Phi) is 7.72. The highest BCUT2D eigenvalue weighted by molar-refractivity contribution is 7.99. The normalized spacial score (nSPS) is 10.7. The van der Waals surface area contributed by atoms with E-state index in [0.717, 1.165) is 26.8 Å². The Bertz CT molecular complexity index is 919. The number of nitrogens with zero attached hydrogens (tertiary/aromatic N) is 2. The van der Waals surface area contributed by atoms with Crippen LogP contribution in [0.15, 0.2) is 64.5 Å². The van der Waals surface area contributed by atoms with Gasteiger partial charge in [-0.2, -0.15) is 0 Å². The van der Waals surface area contributed by atoms with Crippen molar-refractivity contribution in [2.24, 2.45) is 0 Å². The second-order valence-corrected chi connectivity index (χ2v) is 7.41. The Labute approximate surface area is 175 Å². The van der Waals surface area contributed by atoms with Crippen LogP contribution in [0.5, 0.6) is 5.75 Å². The molecule has 0 bridgehead atoms. The molecule has 0 fully saturated rings. The third-order valence-corrected chi connectivity index (χ3v) is 5.21. The zero-order valence-electron chi connectivity index (χ0n) is 16.7. The van der Waals surface area contributed by atoms with Crippen LogP contribution in [0.3, 0.4) is 0 Å². The van der Waals surface area contributed by atoms with Crippen molar-refractivity contribution in [3.63, 3.8) is 0 Å². The summed E-state index contributed by atoms with van der Waals surface area (Å²) in [6.45, 7) is 6.23. The molecule has 3 N–H and O–H groups in total. The van der Waals surface area contributed by atoms with E-state index in [4.69, 9.17) is 15.2 Å². The van der Waals surface area contributed by atoms with Gasteiger partial charge in [0.2, 0.25) is 0 Å². The largest absolute Gasteiger partial charge is 0.491 e. The molecule has 0 aliphatic rings. The molecule has 152 valence electrons. The first-order chi connectivity index (χ1) is 14.2. The van der Waals surface area contributed by atoms with Gasteiger partial charge in [0.15, 0.2) is 0 Å². The molecule has 2 aromatic carbocycles. The first-order valence-corrected chi connectivity index (χ1v) is 10.4. The quantitative estimate of drug-likeness (QED) is 0.475. The summed E-state index contributed by atoms with van der Waals surface area (Å²) in [6, 6.07) is 16.3. The minimum Gasteiger partial charge on any atom is -0.491 e. The van der Waals surface area contributed by atoms with E-state index in [0.29, 0.717) is 38.0 Å². The molecule has 1 aromatic heterocycles. The topological polar surface area (TPSA) is 82.3 Å². The molecular formula is C22H26N4O2S. The molecule has 0 unspecified atom stereocenters. The standard InChI is InChI=1S/C22H26N4O2S/c1-3-27-12-13-28-18-8-10-19(11-9-18)29-21-7-5-4-6-20(21)25-15-17-14-24-16(2)26-22(17)23/h4-11,14,25H,3,12-13,15H2,1-2H3,(H2,23,24,26). The first-order valence-electron chi connectivity index (χ1n) is 9.55. The second kappa shape index (κ2) is 10.7. The van der Waals surface area contributed by atoms with Crippen LogP contribution in [0.25, 0.3) is 0 Å². The summed E-state index contributed by atoms with van der Waals surface area (Å²) in [5.74, 6) is 2.03. The van der Waals surface area contributed by atoms with Gasteiger partial charge in [0.1, 0.15) is 24.0 Å². The highest BCUT2D eigenvalue weighted by Gasteiger charge is 2.07. The fraction of sp³-hybridized carbons (Fsp3) is 0.273. The minimum absolute atomic E-state index is 0.509. The van der Waals surface area contributed by atoms with Crippen molar-refractivity contribution >= 4 is 23.3 Å². The summed E-state index contributed by atoms with van der Waals surface area (Å²) >= 11 is 1.69. The van der Waals surface area contributed by atoms with Crippen LogP contribution < -0.4 is 15.8 Å². The number of anilines is 2. The van der Waals surface area contributed by atoms with Gasteiger partial charge in [0, 0.05) is 40.4 Å². The molecule has 0 radical (unpaired) electrons. The van der Waals surface area contributed by atoms with Crippen molar-refractivity contribution in [2.75, 3.05) is 30.9 Å². The average molecular weight is 411 g/mol. The zero-order chi connectivity index (χ0) is 20.5. The van der Waals surface area contributed by atoms with Gasteiger partial charge < -0.3 is 20.5 Å². The number of rotatable bonds is 10. The summed E-state index contributed by atoms with van der Waals surface area (Å²) < 4.78 is 11.0. The number of ether oxygens (including phenoxy) is 2. The lowest BCUT2D eigenvalue weighted by molar-refractivity contribution is 0.110. The molecule has 29 heavy (non-hydrogen) atoms. The van der Waals surface area contributed by atoms with Crippen molar-refractivity contribution in [2.45, 2.75) is 30.2 Å². The Morgan fingerprint density at radius 2 is 1.86 bits per heavy atom. The molecule has 0 atom stereocenters. The number of benzene rings is 2. The lowest BCUT2D eigenvalue weighted by atomic mass is 10.2. The zero-order valence-corrected chi connectivity index (χ0v) is 17.5. The third-order valence-electron chi connectivity index (χ3n) is 4.13. The Morgan fingerprint density at radius 1 is 1.07 bits per heavy atom. The predicted octanol–water partition coefficient (Wildman–Crippen LogP) is 4.55. The molecule has 0 saturated carbocycles. The highest BCUT2D eigenvalue weighted by Crippen LogP contribution is 2.34. The van der Waals surface area contributed by atoms with Gasteiger partial charge in [-0.05, 0) is 50.2 Å². The number of para-hydroxylation sites is 1. The number of nitrogens with two attached hydrogens (primary N) is 1. The number of aryl methyl sites for hydroxylation is 1. The number of hydrogen-bond acceptors (Lipinski definition) is 7. The SMILES string of the molecule is CCOCCOc1ccc(Sc2ccccc2NCc2cnc(C)nc2N)cc1. The highest BCUT2D eigenvalue weighted by atomic mass is 32.2. The van der Waals surface area contributed by atoms with Gasteiger partial charge in [-0.25, -0.2) is 9.97 Å². The number of nitrogens with one attached hydrogen (secondary N) is 1. The van der Waals surface area contributed by atoms with Gasteiger partial charge in [0.25, 0.3) is 0 Å². The van der Waals surface area contributed by atoms with Crippen LogP contribution >= 0.6 is 11.8 Å². The third kappa shape index (κ3) is 6.37. The van der Waals surface area contributed by atoms with Crippen LogP contribution in [-0.4, -0.2) is 29.8 Å². The van der Waals surface area contributed by atoms with E-state index in [1.165, 1.54) is 0 Å². The van der Waals surface area contributed by atoms with Crippen LogP contribution in [0, 0.1) is 6.92 Å². The second-order valence-electron chi connectivity index (χ2n) is 6.30. The Morgan fingerprint density at radius 3 is 2.62 bits per heavy atom. The number of nitrogen functional groups attached to an aromatic ring is 1. The van der Waals surface area contributed by atoms with E-state index < -0.39 is 0 Å².